The van der Waals surface area contributed by atoms with Crippen molar-refractivity contribution in [2.24, 2.45) is 0 Å². The van der Waals surface area contributed by atoms with E-state index in [9.17, 15) is 9.59 Å². The minimum Gasteiger partial charge on any atom is -0.459 e. The second-order valence-corrected chi connectivity index (χ2v) is 7.92. The fraction of sp³-hybridized carbons (Fsp3) is 0.150. The molecule has 4 rings (SSSR count). The van der Waals surface area contributed by atoms with Crippen LogP contribution in [0.1, 0.15) is 11.4 Å². The number of hydrogen-bond acceptors (Lipinski definition) is 6. The molecule has 0 aliphatic rings. The molecule has 27 heavy (non-hydrogen) atoms. The van der Waals surface area contributed by atoms with Gasteiger partial charge < -0.3 is 4.74 Å². The monoisotopic (exact) mass is 396 g/mol. The molecule has 0 bridgehead atoms. The molecule has 0 saturated heterocycles. The smallest absolute Gasteiger partial charge is 0.316 e. The van der Waals surface area contributed by atoms with Gasteiger partial charge in [-0.25, -0.2) is 4.98 Å². The van der Waals surface area contributed by atoms with Gasteiger partial charge in [-0.3, -0.25) is 14.0 Å². The molecule has 0 aliphatic carbocycles. The summed E-state index contributed by atoms with van der Waals surface area (Å²) in [7, 11) is 0. The van der Waals surface area contributed by atoms with Crippen molar-refractivity contribution in [1.29, 1.82) is 0 Å². The lowest BCUT2D eigenvalue weighted by molar-refractivity contribution is -0.141. The molecule has 2 aromatic carbocycles. The van der Waals surface area contributed by atoms with Crippen LogP contribution in [0.15, 0.2) is 63.6 Å². The second kappa shape index (κ2) is 7.54. The molecule has 2 heterocycles. The summed E-state index contributed by atoms with van der Waals surface area (Å²) >= 11 is 2.82. The average molecular weight is 396 g/mol. The van der Waals surface area contributed by atoms with Crippen molar-refractivity contribution in [3.05, 3.63) is 75.7 Å². The van der Waals surface area contributed by atoms with Crippen LogP contribution in [0, 0.1) is 6.92 Å². The Morgan fingerprint density at radius 1 is 1.19 bits per heavy atom. The van der Waals surface area contributed by atoms with Crippen molar-refractivity contribution < 1.29 is 9.53 Å². The molecule has 5 nitrogen and oxygen atoms in total. The van der Waals surface area contributed by atoms with E-state index in [4.69, 9.17) is 4.74 Å². The number of carbonyl (C=O) groups is 1. The summed E-state index contributed by atoms with van der Waals surface area (Å²) in [6.07, 6.45) is 0. The van der Waals surface area contributed by atoms with Crippen molar-refractivity contribution in [2.45, 2.75) is 18.4 Å². The van der Waals surface area contributed by atoms with Crippen LogP contribution in [0.2, 0.25) is 0 Å². The van der Waals surface area contributed by atoms with Gasteiger partial charge in [0.05, 0.1) is 11.4 Å². The molecular formula is C20H16N2O3S2. The fourth-order valence-electron chi connectivity index (χ4n) is 2.77. The highest BCUT2D eigenvalue weighted by Crippen LogP contribution is 2.23. The van der Waals surface area contributed by atoms with Gasteiger partial charge in [0.25, 0.3) is 5.56 Å². The van der Waals surface area contributed by atoms with Gasteiger partial charge in [0.2, 0.25) is 0 Å². The number of nitrogens with zero attached hydrogens (tertiary/aromatic N) is 2. The number of hydrogen-bond donors (Lipinski definition) is 0. The molecule has 0 atom stereocenters. The highest BCUT2D eigenvalue weighted by molar-refractivity contribution is 8.00. The molecule has 0 fully saturated rings. The molecule has 0 saturated carbocycles. The zero-order valence-corrected chi connectivity index (χ0v) is 16.2. The van der Waals surface area contributed by atoms with E-state index in [2.05, 4.69) is 17.1 Å². The van der Waals surface area contributed by atoms with E-state index in [0.717, 1.165) is 16.0 Å². The Morgan fingerprint density at radius 3 is 2.85 bits per heavy atom. The molecular weight excluding hydrogens is 380 g/mol. The predicted octanol–water partition coefficient (Wildman–Crippen LogP) is 4.05. The van der Waals surface area contributed by atoms with Crippen LogP contribution in [0.25, 0.3) is 15.7 Å². The number of aromatic nitrogens is 2. The van der Waals surface area contributed by atoms with Crippen LogP contribution < -0.4 is 5.56 Å². The first kappa shape index (κ1) is 17.8. The summed E-state index contributed by atoms with van der Waals surface area (Å²) < 4.78 is 6.83. The SMILES string of the molecule is Cc1csc2nc(COC(=O)CSc3ccc4ccccc4c3)cc(=O)n12. The molecule has 136 valence electrons. The Balaban J connectivity index is 1.37. The maximum atomic E-state index is 12.1. The summed E-state index contributed by atoms with van der Waals surface area (Å²) in [5.41, 5.74) is 1.16. The van der Waals surface area contributed by atoms with Gasteiger partial charge in [-0.05, 0) is 29.8 Å². The summed E-state index contributed by atoms with van der Waals surface area (Å²) in [6.45, 7) is 1.86. The quantitative estimate of drug-likeness (QED) is 0.376. The Morgan fingerprint density at radius 2 is 2.00 bits per heavy atom. The maximum absolute atomic E-state index is 12.1. The van der Waals surface area contributed by atoms with Crippen LogP contribution >= 0.6 is 23.1 Å². The normalized spacial score (nSPS) is 11.1. The summed E-state index contributed by atoms with van der Waals surface area (Å²) in [6, 6.07) is 15.6. The topological polar surface area (TPSA) is 60.7 Å². The van der Waals surface area contributed by atoms with Crippen LogP contribution in [-0.2, 0) is 16.1 Å². The van der Waals surface area contributed by atoms with Gasteiger partial charge >= 0.3 is 5.97 Å². The number of ether oxygens (including phenoxy) is 1. The van der Waals surface area contributed by atoms with Gasteiger partial charge in [-0.2, -0.15) is 0 Å². The van der Waals surface area contributed by atoms with Crippen molar-refractivity contribution in [3.8, 4) is 0 Å². The Labute approximate surface area is 163 Å². The number of esters is 1. The predicted molar refractivity (Wildman–Crippen MR) is 109 cm³/mol. The van der Waals surface area contributed by atoms with Gasteiger partial charge in [-0.1, -0.05) is 30.3 Å². The summed E-state index contributed by atoms with van der Waals surface area (Å²) in [5, 5.41) is 4.18. The average Bonchev–Trinajstić information content (AvgIpc) is 3.06. The van der Waals surface area contributed by atoms with E-state index in [1.165, 1.54) is 34.6 Å². The van der Waals surface area contributed by atoms with Crippen molar-refractivity contribution in [1.82, 2.24) is 9.38 Å². The third kappa shape index (κ3) is 3.89. The van der Waals surface area contributed by atoms with Gasteiger partial charge in [-0.15, -0.1) is 23.1 Å². The number of carbonyl (C=O) groups excluding carboxylic acids is 1. The minimum atomic E-state index is -0.336. The molecule has 0 spiro atoms. The Kier molecular flexibility index (Phi) is 4.96. The molecule has 0 radical (unpaired) electrons. The second-order valence-electron chi connectivity index (χ2n) is 6.04. The molecule has 0 amide bonds. The van der Waals surface area contributed by atoms with Crippen LogP contribution in [0.5, 0.6) is 0 Å². The number of rotatable bonds is 5. The van der Waals surface area contributed by atoms with Crippen LogP contribution in [0.3, 0.4) is 0 Å². The van der Waals surface area contributed by atoms with Crippen LogP contribution in [0.4, 0.5) is 0 Å². The van der Waals surface area contributed by atoms with Gasteiger partial charge in [0, 0.05) is 22.0 Å². The standard InChI is InChI=1S/C20H16N2O3S2/c1-13-11-27-20-21-16(9-18(23)22(13)20)10-25-19(24)12-26-17-7-6-14-4-2-3-5-15(14)8-17/h2-9,11H,10,12H2,1H3. The minimum absolute atomic E-state index is 0.000197. The van der Waals surface area contributed by atoms with E-state index in [-0.39, 0.29) is 23.9 Å². The van der Waals surface area contributed by atoms with E-state index in [0.29, 0.717) is 10.7 Å². The Hall–Kier alpha value is -2.64. The fourth-order valence-corrected chi connectivity index (χ4v) is 4.40. The molecule has 0 N–H and O–H groups in total. The number of aryl methyl sites for hydroxylation is 1. The number of thiazole rings is 1. The number of thioether (sulfide) groups is 1. The van der Waals surface area contributed by atoms with E-state index in [1.807, 2.05) is 42.6 Å². The van der Waals surface area contributed by atoms with Crippen LogP contribution in [-0.4, -0.2) is 21.1 Å². The molecule has 7 heteroatoms. The molecule has 2 aromatic heterocycles. The number of benzene rings is 2. The number of fused-ring (bicyclic) bond motifs is 2. The zero-order valence-electron chi connectivity index (χ0n) is 14.5. The molecule has 4 aromatic rings. The third-order valence-corrected chi connectivity index (χ3v) is 6.00. The lowest BCUT2D eigenvalue weighted by atomic mass is 10.1. The summed E-state index contributed by atoms with van der Waals surface area (Å²) in [4.78, 5) is 30.2. The van der Waals surface area contributed by atoms with Crippen molar-refractivity contribution in [2.75, 3.05) is 5.75 Å². The Bertz CT molecular complexity index is 1200. The lowest BCUT2D eigenvalue weighted by Crippen LogP contribution is -2.16. The van der Waals surface area contributed by atoms with E-state index >= 15 is 0 Å². The van der Waals surface area contributed by atoms with Crippen molar-refractivity contribution in [3.63, 3.8) is 0 Å². The van der Waals surface area contributed by atoms with E-state index < -0.39 is 0 Å². The highest BCUT2D eigenvalue weighted by atomic mass is 32.2. The molecule has 0 unspecified atom stereocenters. The molecule has 0 aliphatic heterocycles. The van der Waals surface area contributed by atoms with Crippen molar-refractivity contribution >= 4 is 44.8 Å². The van der Waals surface area contributed by atoms with Gasteiger partial charge in [0.15, 0.2) is 4.96 Å². The van der Waals surface area contributed by atoms with E-state index in [1.54, 1.807) is 4.40 Å². The zero-order chi connectivity index (χ0) is 18.8. The first-order valence-electron chi connectivity index (χ1n) is 8.34. The largest absolute Gasteiger partial charge is 0.459 e. The maximum Gasteiger partial charge on any atom is 0.316 e. The first-order valence-corrected chi connectivity index (χ1v) is 10.2. The summed E-state index contributed by atoms with van der Waals surface area (Å²) in [5.74, 6) is -0.130. The third-order valence-electron chi connectivity index (χ3n) is 4.09. The first-order chi connectivity index (χ1) is 13.1. The van der Waals surface area contributed by atoms with Gasteiger partial charge in [0.1, 0.15) is 6.61 Å². The lowest BCUT2D eigenvalue weighted by Gasteiger charge is -2.06. The highest BCUT2D eigenvalue weighted by Gasteiger charge is 2.10.